The summed E-state index contributed by atoms with van der Waals surface area (Å²) in [6.45, 7) is 6.79. The predicted octanol–water partition coefficient (Wildman–Crippen LogP) is 2.03. The molecule has 90 valence electrons. The molecule has 0 aromatic carbocycles. The van der Waals surface area contributed by atoms with Gasteiger partial charge in [0.05, 0.1) is 12.1 Å². The van der Waals surface area contributed by atoms with E-state index in [9.17, 15) is 5.11 Å². The van der Waals surface area contributed by atoms with Gasteiger partial charge in [0.15, 0.2) is 0 Å². The van der Waals surface area contributed by atoms with Crippen molar-refractivity contribution in [3.8, 4) is 0 Å². The first kappa shape index (κ1) is 11.6. The molecule has 0 bridgehead atoms. The Balaban J connectivity index is 2.23. The number of nitrogens with zero attached hydrogens (tertiary/aromatic N) is 3. The standard InChI is InChI=1S/C12H21N3O/c1-12(2,3)10-5-4-9(16)6-11(10)15-8-13-7-14-15/h7-11,16H,4-6H2,1-3H3. The zero-order valence-corrected chi connectivity index (χ0v) is 10.3. The molecule has 1 aliphatic rings. The Kier molecular flexibility index (Phi) is 3.02. The van der Waals surface area contributed by atoms with Gasteiger partial charge in [0.1, 0.15) is 12.7 Å². The lowest BCUT2D eigenvalue weighted by Crippen LogP contribution is -2.37. The molecule has 1 saturated carbocycles. The smallest absolute Gasteiger partial charge is 0.137 e. The molecule has 3 unspecified atom stereocenters. The number of aliphatic hydroxyl groups excluding tert-OH is 1. The number of rotatable bonds is 1. The Bertz CT molecular complexity index is 329. The molecule has 0 radical (unpaired) electrons. The molecule has 4 nitrogen and oxygen atoms in total. The van der Waals surface area contributed by atoms with Crippen LogP contribution in [0.25, 0.3) is 0 Å². The van der Waals surface area contributed by atoms with Crippen molar-refractivity contribution in [3.05, 3.63) is 12.7 Å². The molecular formula is C12H21N3O. The normalized spacial score (nSPS) is 31.6. The highest BCUT2D eigenvalue weighted by atomic mass is 16.3. The molecule has 0 saturated heterocycles. The summed E-state index contributed by atoms with van der Waals surface area (Å²) in [7, 11) is 0. The van der Waals surface area contributed by atoms with Crippen LogP contribution in [-0.2, 0) is 0 Å². The van der Waals surface area contributed by atoms with Crippen LogP contribution in [-0.4, -0.2) is 26.0 Å². The highest BCUT2D eigenvalue weighted by Gasteiger charge is 2.38. The van der Waals surface area contributed by atoms with E-state index in [1.165, 1.54) is 0 Å². The summed E-state index contributed by atoms with van der Waals surface area (Å²) in [6, 6.07) is 0.284. The average Bonchev–Trinajstić information content (AvgIpc) is 2.68. The van der Waals surface area contributed by atoms with Crippen molar-refractivity contribution >= 4 is 0 Å². The van der Waals surface area contributed by atoms with E-state index in [0.717, 1.165) is 19.3 Å². The summed E-state index contributed by atoms with van der Waals surface area (Å²) in [5.74, 6) is 0.553. The van der Waals surface area contributed by atoms with Crippen molar-refractivity contribution < 1.29 is 5.11 Å². The maximum absolute atomic E-state index is 9.80. The zero-order valence-electron chi connectivity index (χ0n) is 10.3. The quantitative estimate of drug-likeness (QED) is 0.792. The largest absolute Gasteiger partial charge is 0.393 e. The minimum Gasteiger partial charge on any atom is -0.393 e. The van der Waals surface area contributed by atoms with Crippen LogP contribution in [0, 0.1) is 11.3 Å². The SMILES string of the molecule is CC(C)(C)C1CCC(O)CC1n1cncn1. The van der Waals surface area contributed by atoms with Gasteiger partial charge < -0.3 is 5.11 Å². The minimum atomic E-state index is -0.187. The number of aliphatic hydroxyl groups is 1. The van der Waals surface area contributed by atoms with Gasteiger partial charge in [0, 0.05) is 0 Å². The molecular weight excluding hydrogens is 202 g/mol. The van der Waals surface area contributed by atoms with Crippen molar-refractivity contribution in [2.45, 2.75) is 52.2 Å². The summed E-state index contributed by atoms with van der Waals surface area (Å²) >= 11 is 0. The average molecular weight is 223 g/mol. The topological polar surface area (TPSA) is 50.9 Å². The van der Waals surface area contributed by atoms with Crippen molar-refractivity contribution in [1.29, 1.82) is 0 Å². The van der Waals surface area contributed by atoms with E-state index in [1.807, 2.05) is 4.68 Å². The van der Waals surface area contributed by atoms with Gasteiger partial charge in [-0.2, -0.15) is 5.10 Å². The van der Waals surface area contributed by atoms with Gasteiger partial charge in [-0.25, -0.2) is 9.67 Å². The molecule has 3 atom stereocenters. The van der Waals surface area contributed by atoms with E-state index in [-0.39, 0.29) is 17.6 Å². The van der Waals surface area contributed by atoms with Gasteiger partial charge >= 0.3 is 0 Å². The molecule has 0 aliphatic heterocycles. The van der Waals surface area contributed by atoms with Gasteiger partial charge in [-0.15, -0.1) is 0 Å². The summed E-state index contributed by atoms with van der Waals surface area (Å²) in [5.41, 5.74) is 0.247. The van der Waals surface area contributed by atoms with Gasteiger partial charge in [-0.1, -0.05) is 20.8 Å². The second kappa shape index (κ2) is 4.17. The molecule has 1 aromatic heterocycles. The fraction of sp³-hybridized carbons (Fsp3) is 0.833. The first-order valence-corrected chi connectivity index (χ1v) is 6.00. The van der Waals surface area contributed by atoms with E-state index in [4.69, 9.17) is 0 Å². The molecule has 2 rings (SSSR count). The predicted molar refractivity (Wildman–Crippen MR) is 61.9 cm³/mol. The van der Waals surface area contributed by atoms with Gasteiger partial charge in [-0.05, 0) is 30.6 Å². The zero-order chi connectivity index (χ0) is 11.8. The second-order valence-corrected chi connectivity index (χ2v) is 5.88. The van der Waals surface area contributed by atoms with Crippen molar-refractivity contribution in [1.82, 2.24) is 14.8 Å². The van der Waals surface area contributed by atoms with E-state index < -0.39 is 0 Å². The van der Waals surface area contributed by atoms with Crippen LogP contribution in [0.15, 0.2) is 12.7 Å². The molecule has 0 amide bonds. The third kappa shape index (κ3) is 2.26. The number of hydrogen-bond donors (Lipinski definition) is 1. The summed E-state index contributed by atoms with van der Waals surface area (Å²) in [5, 5.41) is 14.0. The Labute approximate surface area is 96.7 Å². The molecule has 1 N–H and O–H groups in total. The van der Waals surface area contributed by atoms with Crippen molar-refractivity contribution in [2.24, 2.45) is 11.3 Å². The highest BCUT2D eigenvalue weighted by molar-refractivity contribution is 4.89. The first-order valence-electron chi connectivity index (χ1n) is 6.00. The van der Waals surface area contributed by atoms with Gasteiger partial charge in [-0.3, -0.25) is 0 Å². The lowest BCUT2D eigenvalue weighted by Gasteiger charge is -2.41. The lowest BCUT2D eigenvalue weighted by atomic mass is 9.69. The Morgan fingerprint density at radius 3 is 2.62 bits per heavy atom. The molecule has 1 heterocycles. The van der Waals surface area contributed by atoms with E-state index in [2.05, 4.69) is 30.9 Å². The fourth-order valence-corrected chi connectivity index (χ4v) is 2.82. The van der Waals surface area contributed by atoms with Crippen molar-refractivity contribution in [2.75, 3.05) is 0 Å². The third-order valence-corrected chi connectivity index (χ3v) is 3.68. The lowest BCUT2D eigenvalue weighted by molar-refractivity contribution is 0.0253. The molecule has 1 aliphatic carbocycles. The maximum Gasteiger partial charge on any atom is 0.137 e. The molecule has 16 heavy (non-hydrogen) atoms. The maximum atomic E-state index is 9.80. The number of hydrogen-bond acceptors (Lipinski definition) is 3. The Hall–Kier alpha value is -0.900. The molecule has 0 spiro atoms. The van der Waals surface area contributed by atoms with Crippen LogP contribution >= 0.6 is 0 Å². The molecule has 4 heteroatoms. The van der Waals surface area contributed by atoms with Crippen molar-refractivity contribution in [3.63, 3.8) is 0 Å². The Morgan fingerprint density at radius 2 is 2.06 bits per heavy atom. The van der Waals surface area contributed by atoms with E-state index in [0.29, 0.717) is 5.92 Å². The first-order chi connectivity index (χ1) is 7.48. The van der Waals surface area contributed by atoms with Crippen LogP contribution in [0.4, 0.5) is 0 Å². The Morgan fingerprint density at radius 1 is 1.31 bits per heavy atom. The van der Waals surface area contributed by atoms with Crippen LogP contribution in [0.2, 0.25) is 0 Å². The van der Waals surface area contributed by atoms with Crippen LogP contribution in [0.1, 0.15) is 46.1 Å². The van der Waals surface area contributed by atoms with E-state index >= 15 is 0 Å². The minimum absolute atomic E-state index is 0.187. The summed E-state index contributed by atoms with van der Waals surface area (Å²) < 4.78 is 1.91. The monoisotopic (exact) mass is 223 g/mol. The summed E-state index contributed by atoms with van der Waals surface area (Å²) in [4.78, 5) is 4.01. The van der Waals surface area contributed by atoms with Crippen LogP contribution in [0.5, 0.6) is 0 Å². The fourth-order valence-electron chi connectivity index (χ4n) is 2.82. The van der Waals surface area contributed by atoms with E-state index in [1.54, 1.807) is 12.7 Å². The van der Waals surface area contributed by atoms with Crippen LogP contribution < -0.4 is 0 Å². The molecule has 1 aromatic rings. The summed E-state index contributed by atoms with van der Waals surface area (Å²) in [6.07, 6.45) is 5.92. The molecule has 1 fully saturated rings. The third-order valence-electron chi connectivity index (χ3n) is 3.68. The highest BCUT2D eigenvalue weighted by Crippen LogP contribution is 2.43. The van der Waals surface area contributed by atoms with Gasteiger partial charge in [0.2, 0.25) is 0 Å². The van der Waals surface area contributed by atoms with Crippen LogP contribution in [0.3, 0.4) is 0 Å². The second-order valence-electron chi connectivity index (χ2n) is 5.88. The van der Waals surface area contributed by atoms with Gasteiger partial charge in [0.25, 0.3) is 0 Å². The number of aromatic nitrogens is 3.